The predicted octanol–water partition coefficient (Wildman–Crippen LogP) is 3.18. The highest BCUT2D eigenvalue weighted by molar-refractivity contribution is 6.28. The summed E-state index contributed by atoms with van der Waals surface area (Å²) in [4.78, 5) is 19.2. The summed E-state index contributed by atoms with van der Waals surface area (Å²) >= 11 is 5.84. The Labute approximate surface area is 120 Å². The monoisotopic (exact) mass is 291 g/mol. The van der Waals surface area contributed by atoms with Crippen molar-refractivity contribution in [1.82, 2.24) is 9.97 Å². The predicted molar refractivity (Wildman–Crippen MR) is 76.5 cm³/mol. The Bertz CT molecular complexity index is 671. The zero-order chi connectivity index (χ0) is 14.7. The molecule has 1 aromatic heterocycles. The fourth-order valence-corrected chi connectivity index (χ4v) is 1.93. The summed E-state index contributed by atoms with van der Waals surface area (Å²) in [7, 11) is 1.62. The van der Waals surface area contributed by atoms with Gasteiger partial charge in [0.05, 0.1) is 11.3 Å². The molecule has 6 heteroatoms. The molecule has 0 aliphatic heterocycles. The van der Waals surface area contributed by atoms with Crippen LogP contribution in [0.2, 0.25) is 5.28 Å². The number of aldehydes is 1. The second-order valence-electron chi connectivity index (χ2n) is 3.96. The molecule has 0 unspecified atom stereocenters. The third-order valence-electron chi connectivity index (χ3n) is 2.75. The maximum absolute atomic E-state index is 12.9. The Kier molecular flexibility index (Phi) is 4.10. The van der Waals surface area contributed by atoms with Crippen molar-refractivity contribution in [2.75, 3.05) is 12.4 Å². The first-order valence-corrected chi connectivity index (χ1v) is 6.10. The minimum Gasteiger partial charge on any atom is -0.372 e. The molecule has 4 nitrogen and oxygen atoms in total. The Balaban J connectivity index is 2.56. The largest absolute Gasteiger partial charge is 0.372 e. The summed E-state index contributed by atoms with van der Waals surface area (Å²) in [5.74, 6) is -0.0351. The van der Waals surface area contributed by atoms with Crippen LogP contribution in [0.15, 0.2) is 30.8 Å². The van der Waals surface area contributed by atoms with Crippen molar-refractivity contribution in [3.63, 3.8) is 0 Å². The van der Waals surface area contributed by atoms with Crippen molar-refractivity contribution in [2.24, 2.45) is 0 Å². The smallest absolute Gasteiger partial charge is 0.224 e. The Morgan fingerprint density at radius 1 is 1.35 bits per heavy atom. The Hall–Kier alpha value is -2.27. The van der Waals surface area contributed by atoms with Gasteiger partial charge < -0.3 is 5.32 Å². The summed E-state index contributed by atoms with van der Waals surface area (Å²) in [6, 6.07) is 5.73. The van der Waals surface area contributed by atoms with E-state index >= 15 is 0 Å². The first-order chi connectivity index (χ1) is 9.56. The lowest BCUT2D eigenvalue weighted by molar-refractivity contribution is 0.112. The summed E-state index contributed by atoms with van der Waals surface area (Å²) in [5.41, 5.74) is 1.68. The number of anilines is 1. The molecular formula is C14H11ClFN3O. The van der Waals surface area contributed by atoms with Crippen molar-refractivity contribution >= 4 is 29.3 Å². The van der Waals surface area contributed by atoms with Gasteiger partial charge in [-0.05, 0) is 29.3 Å². The molecule has 2 aromatic rings. The van der Waals surface area contributed by atoms with Gasteiger partial charge in [0.1, 0.15) is 11.6 Å². The van der Waals surface area contributed by atoms with E-state index in [1.807, 2.05) is 0 Å². The normalized spacial score (nSPS) is 10.2. The summed E-state index contributed by atoms with van der Waals surface area (Å²) < 4.78 is 12.9. The molecule has 102 valence electrons. The van der Waals surface area contributed by atoms with Crippen LogP contribution in [-0.4, -0.2) is 23.3 Å². The average Bonchev–Trinajstić information content (AvgIpc) is 2.46. The van der Waals surface area contributed by atoms with Crippen LogP contribution < -0.4 is 5.32 Å². The highest BCUT2D eigenvalue weighted by Crippen LogP contribution is 2.27. The molecule has 2 rings (SSSR count). The zero-order valence-electron chi connectivity index (χ0n) is 10.7. The highest BCUT2D eigenvalue weighted by atomic mass is 35.5. The van der Waals surface area contributed by atoms with Crippen molar-refractivity contribution in [3.8, 4) is 0 Å². The quantitative estimate of drug-likeness (QED) is 0.694. The van der Waals surface area contributed by atoms with Gasteiger partial charge in [-0.1, -0.05) is 18.7 Å². The van der Waals surface area contributed by atoms with Gasteiger partial charge in [0, 0.05) is 12.6 Å². The number of hydrogen-bond acceptors (Lipinski definition) is 4. The molecule has 0 saturated carbocycles. The van der Waals surface area contributed by atoms with Crippen molar-refractivity contribution in [2.45, 2.75) is 0 Å². The van der Waals surface area contributed by atoms with Crippen LogP contribution in [0.5, 0.6) is 0 Å². The third kappa shape index (κ3) is 2.67. The zero-order valence-corrected chi connectivity index (χ0v) is 11.4. The van der Waals surface area contributed by atoms with Crippen LogP contribution >= 0.6 is 11.6 Å². The fourth-order valence-electron chi connectivity index (χ4n) is 1.76. The minimum absolute atomic E-state index is 0.00166. The van der Waals surface area contributed by atoms with Gasteiger partial charge in [0.2, 0.25) is 5.28 Å². The molecule has 0 radical (unpaired) electrons. The van der Waals surface area contributed by atoms with E-state index < -0.39 is 0 Å². The maximum Gasteiger partial charge on any atom is 0.224 e. The Morgan fingerprint density at radius 3 is 2.55 bits per heavy atom. The molecule has 0 atom stereocenters. The molecule has 0 saturated heterocycles. The molecule has 1 heterocycles. The molecule has 0 aliphatic rings. The SMILES string of the molecule is C=C(c1ccc(F)cc1)c1nc(Cl)nc(NC)c1C=O. The number of aromatic nitrogens is 2. The van der Waals surface area contributed by atoms with Crippen LogP contribution in [0.25, 0.3) is 5.57 Å². The number of benzene rings is 1. The van der Waals surface area contributed by atoms with Gasteiger partial charge in [0.15, 0.2) is 6.29 Å². The van der Waals surface area contributed by atoms with E-state index in [1.54, 1.807) is 19.2 Å². The summed E-state index contributed by atoms with van der Waals surface area (Å²) in [5, 5.41) is 2.77. The van der Waals surface area contributed by atoms with Gasteiger partial charge in [0.25, 0.3) is 0 Å². The first-order valence-electron chi connectivity index (χ1n) is 5.72. The minimum atomic E-state index is -0.353. The molecule has 20 heavy (non-hydrogen) atoms. The Morgan fingerprint density at radius 2 is 2.00 bits per heavy atom. The van der Waals surface area contributed by atoms with Crippen molar-refractivity contribution < 1.29 is 9.18 Å². The van der Waals surface area contributed by atoms with E-state index in [-0.39, 0.29) is 16.7 Å². The lowest BCUT2D eigenvalue weighted by atomic mass is 10.0. The van der Waals surface area contributed by atoms with E-state index in [0.29, 0.717) is 28.9 Å². The van der Waals surface area contributed by atoms with E-state index in [0.717, 1.165) is 0 Å². The van der Waals surface area contributed by atoms with Crippen LogP contribution in [0, 0.1) is 5.82 Å². The van der Waals surface area contributed by atoms with E-state index in [1.165, 1.54) is 12.1 Å². The van der Waals surface area contributed by atoms with Gasteiger partial charge in [-0.15, -0.1) is 0 Å². The van der Waals surface area contributed by atoms with Crippen LogP contribution in [0.1, 0.15) is 21.6 Å². The van der Waals surface area contributed by atoms with Crippen molar-refractivity contribution in [1.29, 1.82) is 0 Å². The van der Waals surface area contributed by atoms with E-state index in [9.17, 15) is 9.18 Å². The fraction of sp³-hybridized carbons (Fsp3) is 0.0714. The lowest BCUT2D eigenvalue weighted by Gasteiger charge is -2.11. The molecule has 0 fully saturated rings. The number of carbonyl (C=O) groups is 1. The number of rotatable bonds is 4. The number of nitrogens with zero attached hydrogens (tertiary/aromatic N) is 2. The summed E-state index contributed by atoms with van der Waals surface area (Å²) in [6.45, 7) is 3.89. The summed E-state index contributed by atoms with van der Waals surface area (Å²) in [6.07, 6.45) is 0.631. The first kappa shape index (κ1) is 14.1. The molecule has 0 aliphatic carbocycles. The van der Waals surface area contributed by atoms with Crippen molar-refractivity contribution in [3.05, 3.63) is 58.8 Å². The lowest BCUT2D eigenvalue weighted by Crippen LogP contribution is -2.06. The number of halogens is 2. The molecule has 0 bridgehead atoms. The van der Waals surface area contributed by atoms with Gasteiger partial charge in [-0.2, -0.15) is 0 Å². The molecule has 0 spiro atoms. The van der Waals surface area contributed by atoms with Crippen LogP contribution in [0.4, 0.5) is 10.2 Å². The molecular weight excluding hydrogens is 281 g/mol. The average molecular weight is 292 g/mol. The molecule has 1 N–H and O–H groups in total. The standard InChI is InChI=1S/C14H11ClFN3O/c1-8(9-3-5-10(16)6-4-9)12-11(7-20)13(17-2)19-14(15)18-12/h3-7H,1H2,2H3,(H,17,18,19). The number of carbonyl (C=O) groups excluding carboxylic acids is 1. The molecule has 1 aromatic carbocycles. The van der Waals surface area contributed by atoms with Gasteiger partial charge in [-0.3, -0.25) is 4.79 Å². The van der Waals surface area contributed by atoms with Gasteiger partial charge in [-0.25, -0.2) is 14.4 Å². The topological polar surface area (TPSA) is 54.9 Å². The number of hydrogen-bond donors (Lipinski definition) is 1. The number of nitrogens with one attached hydrogen (secondary N) is 1. The van der Waals surface area contributed by atoms with E-state index in [4.69, 9.17) is 11.6 Å². The van der Waals surface area contributed by atoms with Crippen LogP contribution in [0.3, 0.4) is 0 Å². The highest BCUT2D eigenvalue weighted by Gasteiger charge is 2.16. The second-order valence-corrected chi connectivity index (χ2v) is 4.29. The van der Waals surface area contributed by atoms with Crippen LogP contribution in [-0.2, 0) is 0 Å². The molecule has 0 amide bonds. The second kappa shape index (κ2) is 5.79. The van der Waals surface area contributed by atoms with E-state index in [2.05, 4.69) is 21.9 Å². The maximum atomic E-state index is 12.9. The van der Waals surface area contributed by atoms with Gasteiger partial charge >= 0.3 is 0 Å². The third-order valence-corrected chi connectivity index (χ3v) is 2.92.